The minimum absolute atomic E-state index is 0.286. The number of benzene rings is 2. The Hall–Kier alpha value is -4.22. The number of amides is 1. The van der Waals surface area contributed by atoms with Gasteiger partial charge in [0.2, 0.25) is 0 Å². The van der Waals surface area contributed by atoms with Gasteiger partial charge >= 0.3 is 11.9 Å². The van der Waals surface area contributed by atoms with Gasteiger partial charge in [0.1, 0.15) is 23.1 Å². The van der Waals surface area contributed by atoms with E-state index in [2.05, 4.69) is 15.4 Å². The molecule has 38 heavy (non-hydrogen) atoms. The van der Waals surface area contributed by atoms with Gasteiger partial charge in [0, 0.05) is 30.1 Å². The number of anilines is 1. The number of nitrogens with zero attached hydrogens (tertiary/aromatic N) is 4. The van der Waals surface area contributed by atoms with Crippen molar-refractivity contribution in [2.24, 2.45) is 0 Å². The van der Waals surface area contributed by atoms with Crippen LogP contribution in [0.25, 0.3) is 16.6 Å². The summed E-state index contributed by atoms with van der Waals surface area (Å²) in [6.07, 6.45) is -5.01. The zero-order valence-electron chi connectivity index (χ0n) is 20.5. The van der Waals surface area contributed by atoms with Crippen LogP contribution in [0.3, 0.4) is 0 Å². The van der Waals surface area contributed by atoms with Crippen LogP contribution in [0, 0.1) is 12.7 Å². The van der Waals surface area contributed by atoms with Crippen molar-refractivity contribution >= 4 is 22.5 Å². The third-order valence-electron chi connectivity index (χ3n) is 6.37. The van der Waals surface area contributed by atoms with Gasteiger partial charge in [-0.2, -0.15) is 17.9 Å². The number of aryl methyl sites for hydroxylation is 2. The average molecular weight is 529 g/mol. The van der Waals surface area contributed by atoms with Crippen LogP contribution in [0.15, 0.2) is 47.3 Å². The summed E-state index contributed by atoms with van der Waals surface area (Å²) in [6.45, 7) is 2.94. The maximum Gasteiger partial charge on any atom is 0.425 e. The van der Waals surface area contributed by atoms with Crippen molar-refractivity contribution in [3.63, 3.8) is 0 Å². The molecule has 12 heteroatoms. The van der Waals surface area contributed by atoms with Crippen LogP contribution >= 0.6 is 0 Å². The first-order valence-corrected chi connectivity index (χ1v) is 12.0. The van der Waals surface area contributed by atoms with E-state index in [9.17, 15) is 22.8 Å². The molecule has 0 aliphatic carbocycles. The molecule has 8 nitrogen and oxygen atoms in total. The largest absolute Gasteiger partial charge is 0.480 e. The number of rotatable bonds is 5. The van der Waals surface area contributed by atoms with Crippen LogP contribution in [0.5, 0.6) is 5.75 Å². The Labute approximate surface area is 213 Å². The third kappa shape index (κ3) is 4.73. The summed E-state index contributed by atoms with van der Waals surface area (Å²) < 4.78 is 62.8. The molecule has 0 bridgehead atoms. The molecule has 0 saturated heterocycles. The van der Waals surface area contributed by atoms with Gasteiger partial charge in [0.15, 0.2) is 6.10 Å². The van der Waals surface area contributed by atoms with Crippen molar-refractivity contribution in [2.45, 2.75) is 51.9 Å². The molecule has 0 spiro atoms. The molecule has 2 aromatic heterocycles. The van der Waals surface area contributed by atoms with E-state index in [0.717, 1.165) is 42.0 Å². The fourth-order valence-corrected chi connectivity index (χ4v) is 4.33. The minimum atomic E-state index is -4.76. The maximum atomic E-state index is 15.4. The SMILES string of the molecule is Cc1ccc2cccc(NC(=O)c3cc(F)c(-n4nc5n(c4=O)CCCC5)cc3O[C@@H](C)C(F)(F)F)c2n1. The van der Waals surface area contributed by atoms with Crippen molar-refractivity contribution < 1.29 is 27.1 Å². The standard InChI is InChI=1S/C26H23F4N5O3/c1-14-9-10-16-6-5-7-19(23(16)31-14)32-24(36)17-12-18(27)20(13-21(17)38-15(2)26(28,29)30)35-25(37)34-11-4-3-8-22(34)33-35/h5-7,9-10,12-13,15H,3-4,8,11H2,1-2H3,(H,32,36)/t15-/m0/s1. The van der Waals surface area contributed by atoms with Crippen LogP contribution < -0.4 is 15.7 Å². The van der Waals surface area contributed by atoms with E-state index in [-0.39, 0.29) is 5.69 Å². The normalized spacial score (nSPS) is 14.3. The van der Waals surface area contributed by atoms with Gasteiger partial charge in [0.25, 0.3) is 5.91 Å². The third-order valence-corrected chi connectivity index (χ3v) is 6.37. The first kappa shape index (κ1) is 25.4. The molecule has 1 N–H and O–H groups in total. The van der Waals surface area contributed by atoms with E-state index in [1.807, 2.05) is 6.07 Å². The number of hydrogen-bond donors (Lipinski definition) is 1. The number of carbonyl (C=O) groups is 1. The zero-order chi connectivity index (χ0) is 27.2. The molecule has 3 heterocycles. The summed E-state index contributed by atoms with van der Waals surface area (Å²) in [5.41, 5.74) is -0.0920. The summed E-state index contributed by atoms with van der Waals surface area (Å²) in [5, 5.41) is 7.50. The Kier molecular flexibility index (Phi) is 6.41. The smallest absolute Gasteiger partial charge is 0.425 e. The maximum absolute atomic E-state index is 15.4. The van der Waals surface area contributed by atoms with E-state index in [0.29, 0.717) is 30.0 Å². The highest BCUT2D eigenvalue weighted by molar-refractivity contribution is 6.09. The first-order chi connectivity index (χ1) is 18.0. The fraction of sp³-hybridized carbons (Fsp3) is 0.308. The van der Waals surface area contributed by atoms with Gasteiger partial charge in [-0.05, 0) is 44.9 Å². The zero-order valence-corrected chi connectivity index (χ0v) is 20.5. The highest BCUT2D eigenvalue weighted by atomic mass is 19.4. The second-order valence-corrected chi connectivity index (χ2v) is 9.10. The number of fused-ring (bicyclic) bond motifs is 2. The predicted octanol–water partition coefficient (Wildman–Crippen LogP) is 4.95. The molecule has 4 aromatic rings. The summed E-state index contributed by atoms with van der Waals surface area (Å²) in [4.78, 5) is 30.5. The van der Waals surface area contributed by atoms with E-state index >= 15 is 4.39 Å². The van der Waals surface area contributed by atoms with Crippen molar-refractivity contribution in [3.8, 4) is 11.4 Å². The Bertz CT molecular complexity index is 1610. The van der Waals surface area contributed by atoms with Crippen molar-refractivity contribution in [1.29, 1.82) is 0 Å². The number of ether oxygens (including phenoxy) is 1. The molecular formula is C26H23F4N5O3. The molecule has 1 atom stereocenters. The van der Waals surface area contributed by atoms with Gasteiger partial charge in [0.05, 0.1) is 16.8 Å². The average Bonchev–Trinajstić information content (AvgIpc) is 3.20. The van der Waals surface area contributed by atoms with Crippen molar-refractivity contribution in [3.05, 3.63) is 75.8 Å². The quantitative estimate of drug-likeness (QED) is 0.370. The van der Waals surface area contributed by atoms with E-state index in [1.54, 1.807) is 31.2 Å². The van der Waals surface area contributed by atoms with Crippen LogP contribution in [-0.2, 0) is 13.0 Å². The first-order valence-electron chi connectivity index (χ1n) is 12.0. The lowest BCUT2D eigenvalue weighted by molar-refractivity contribution is -0.189. The van der Waals surface area contributed by atoms with Crippen LogP contribution in [0.4, 0.5) is 23.2 Å². The molecule has 1 aliphatic heterocycles. The highest BCUT2D eigenvalue weighted by Gasteiger charge is 2.39. The van der Waals surface area contributed by atoms with Gasteiger partial charge in [-0.15, -0.1) is 5.10 Å². The Balaban J connectivity index is 1.59. The topological polar surface area (TPSA) is 91.0 Å². The van der Waals surface area contributed by atoms with Crippen LogP contribution in [-0.4, -0.2) is 37.5 Å². The molecule has 0 unspecified atom stereocenters. The van der Waals surface area contributed by atoms with Crippen molar-refractivity contribution in [1.82, 2.24) is 19.3 Å². The minimum Gasteiger partial charge on any atom is -0.480 e. The molecule has 0 radical (unpaired) electrons. The number of alkyl halides is 3. The van der Waals surface area contributed by atoms with Crippen LogP contribution in [0.1, 0.15) is 41.6 Å². The lowest BCUT2D eigenvalue weighted by atomic mass is 10.1. The van der Waals surface area contributed by atoms with E-state index in [1.165, 1.54) is 4.57 Å². The lowest BCUT2D eigenvalue weighted by Gasteiger charge is -2.20. The molecule has 1 aliphatic rings. The number of carbonyl (C=O) groups excluding carboxylic acids is 1. The Morgan fingerprint density at radius 3 is 2.68 bits per heavy atom. The summed E-state index contributed by atoms with van der Waals surface area (Å²) in [5.74, 6) is -2.03. The number of para-hydroxylation sites is 1. The number of hydrogen-bond acceptors (Lipinski definition) is 5. The van der Waals surface area contributed by atoms with E-state index in [4.69, 9.17) is 4.74 Å². The lowest BCUT2D eigenvalue weighted by Crippen LogP contribution is -2.32. The summed E-state index contributed by atoms with van der Waals surface area (Å²) >= 11 is 0. The fourth-order valence-electron chi connectivity index (χ4n) is 4.33. The number of aromatic nitrogens is 4. The Morgan fingerprint density at radius 1 is 1.16 bits per heavy atom. The van der Waals surface area contributed by atoms with Gasteiger partial charge < -0.3 is 10.1 Å². The summed E-state index contributed by atoms with van der Waals surface area (Å²) in [7, 11) is 0. The molecule has 0 saturated carbocycles. The number of nitrogens with one attached hydrogen (secondary N) is 1. The molecule has 198 valence electrons. The van der Waals surface area contributed by atoms with Gasteiger partial charge in [-0.25, -0.2) is 9.18 Å². The monoisotopic (exact) mass is 529 g/mol. The van der Waals surface area contributed by atoms with E-state index < -0.39 is 46.7 Å². The van der Waals surface area contributed by atoms with Crippen LogP contribution in [0.2, 0.25) is 0 Å². The second-order valence-electron chi connectivity index (χ2n) is 9.10. The molecule has 1 amide bonds. The Morgan fingerprint density at radius 2 is 1.95 bits per heavy atom. The van der Waals surface area contributed by atoms with Crippen molar-refractivity contribution in [2.75, 3.05) is 5.32 Å². The molecule has 5 rings (SSSR count). The van der Waals surface area contributed by atoms with Gasteiger partial charge in [-0.3, -0.25) is 14.3 Å². The number of pyridine rings is 1. The predicted molar refractivity (Wildman–Crippen MR) is 131 cm³/mol. The molecular weight excluding hydrogens is 506 g/mol. The molecule has 2 aromatic carbocycles. The highest BCUT2D eigenvalue weighted by Crippen LogP contribution is 2.32. The molecule has 0 fully saturated rings. The number of halogens is 4. The summed E-state index contributed by atoms with van der Waals surface area (Å²) in [6, 6.07) is 10.3. The second kappa shape index (κ2) is 9.58. The van der Waals surface area contributed by atoms with Gasteiger partial charge in [-0.1, -0.05) is 18.2 Å².